The van der Waals surface area contributed by atoms with Crippen molar-refractivity contribution in [2.24, 2.45) is 35.0 Å². The lowest BCUT2D eigenvalue weighted by Gasteiger charge is -2.59. The fourth-order valence-electron chi connectivity index (χ4n) is 8.71. The number of rotatable bonds is 5. The number of hydrogen-bond acceptors (Lipinski definition) is 5. The minimum Gasteiger partial charge on any atom is -0.462 e. The van der Waals surface area contributed by atoms with Gasteiger partial charge in [-0.05, 0) is 107 Å². The monoisotopic (exact) mass is 486 g/mol. The summed E-state index contributed by atoms with van der Waals surface area (Å²) < 4.78 is 23.3. The Kier molecular flexibility index (Phi) is 6.24. The normalized spacial score (nSPS) is 42.4. The van der Waals surface area contributed by atoms with Crippen LogP contribution in [0.3, 0.4) is 0 Å². The first-order chi connectivity index (χ1) is 16.6. The molecule has 0 radical (unpaired) electrons. The molecule has 0 aliphatic heterocycles. The van der Waals surface area contributed by atoms with E-state index in [4.69, 9.17) is 4.74 Å². The summed E-state index contributed by atoms with van der Waals surface area (Å²) in [6, 6.07) is 0. The first-order valence-corrected chi connectivity index (χ1v) is 13.5. The Bertz CT molecular complexity index is 1030. The Balaban J connectivity index is 1.33. The highest BCUT2D eigenvalue weighted by Gasteiger charge is 2.63. The van der Waals surface area contributed by atoms with E-state index in [1.165, 1.54) is 6.20 Å². The number of hydrogen-bond donors (Lipinski definition) is 1. The number of aliphatic hydroxyl groups is 1. The minimum absolute atomic E-state index is 0.0344. The lowest BCUT2D eigenvalue weighted by Crippen LogP contribution is -2.58. The van der Waals surface area contributed by atoms with E-state index in [1.807, 2.05) is 6.92 Å². The van der Waals surface area contributed by atoms with Gasteiger partial charge in [-0.2, -0.15) is 5.10 Å². The van der Waals surface area contributed by atoms with Crippen LogP contribution in [0.4, 0.5) is 4.39 Å². The van der Waals surface area contributed by atoms with Crippen molar-refractivity contribution in [1.82, 2.24) is 9.78 Å². The van der Waals surface area contributed by atoms with Crippen molar-refractivity contribution in [3.8, 4) is 0 Å². The van der Waals surface area contributed by atoms with Gasteiger partial charge in [-0.25, -0.2) is 14.0 Å². The second-order valence-electron chi connectivity index (χ2n) is 12.2. The number of halogens is 1. The molecule has 4 aliphatic rings. The SMILES string of the molecule is CCOC(=O)c1cnn(CC(=C=O)[C@H]2CC[C@H]3[C@@H]4CC[C@@H]5C[C@](C)(O)CC[C@]5(F)[C@H]4CC[C@]23C)c1. The van der Waals surface area contributed by atoms with E-state index in [-0.39, 0.29) is 23.2 Å². The number of ether oxygens (including phenoxy) is 1. The highest BCUT2D eigenvalue weighted by atomic mass is 19.1. The molecule has 6 nitrogen and oxygen atoms in total. The summed E-state index contributed by atoms with van der Waals surface area (Å²) in [7, 11) is 0. The zero-order chi connectivity index (χ0) is 25.0. The molecule has 0 aromatic carbocycles. The third-order valence-corrected chi connectivity index (χ3v) is 10.3. The highest BCUT2D eigenvalue weighted by Crippen LogP contribution is 2.67. The van der Waals surface area contributed by atoms with Crippen LogP contribution in [0.15, 0.2) is 18.0 Å². The van der Waals surface area contributed by atoms with Gasteiger partial charge < -0.3 is 9.84 Å². The van der Waals surface area contributed by atoms with Gasteiger partial charge in [0.2, 0.25) is 0 Å². The van der Waals surface area contributed by atoms with Crippen molar-refractivity contribution < 1.29 is 23.8 Å². The van der Waals surface area contributed by atoms with E-state index in [0.717, 1.165) is 38.5 Å². The Morgan fingerprint density at radius 1 is 1.20 bits per heavy atom. The van der Waals surface area contributed by atoms with E-state index in [1.54, 1.807) is 17.8 Å². The lowest BCUT2D eigenvalue weighted by atomic mass is 9.47. The van der Waals surface area contributed by atoms with Gasteiger partial charge in [-0.3, -0.25) is 4.68 Å². The van der Waals surface area contributed by atoms with E-state index < -0.39 is 17.2 Å². The van der Waals surface area contributed by atoms with E-state index in [0.29, 0.717) is 55.4 Å². The summed E-state index contributed by atoms with van der Waals surface area (Å²) in [6.45, 7) is 6.54. The quantitative estimate of drug-likeness (QED) is 0.471. The van der Waals surface area contributed by atoms with Crippen LogP contribution in [0.2, 0.25) is 0 Å². The van der Waals surface area contributed by atoms with Crippen LogP contribution in [0, 0.1) is 35.0 Å². The van der Waals surface area contributed by atoms with Crippen LogP contribution < -0.4 is 0 Å². The molecule has 4 aliphatic carbocycles. The van der Waals surface area contributed by atoms with E-state index in [2.05, 4.69) is 18.0 Å². The number of carbonyl (C=O) groups is 1. The van der Waals surface area contributed by atoms with Crippen molar-refractivity contribution in [3.63, 3.8) is 0 Å². The van der Waals surface area contributed by atoms with Crippen LogP contribution in [0.1, 0.15) is 88.9 Å². The number of esters is 1. The van der Waals surface area contributed by atoms with Crippen LogP contribution in [-0.2, 0) is 16.1 Å². The van der Waals surface area contributed by atoms with Gasteiger partial charge in [0.25, 0.3) is 0 Å². The summed E-state index contributed by atoms with van der Waals surface area (Å²) in [5, 5.41) is 14.9. The third-order valence-electron chi connectivity index (χ3n) is 10.3. The van der Waals surface area contributed by atoms with Gasteiger partial charge in [-0.1, -0.05) is 6.92 Å². The second-order valence-corrected chi connectivity index (χ2v) is 12.2. The summed E-state index contributed by atoms with van der Waals surface area (Å²) in [6.07, 6.45) is 10.3. The number of alkyl halides is 1. The zero-order valence-corrected chi connectivity index (χ0v) is 21.3. The van der Waals surface area contributed by atoms with Crippen molar-refractivity contribution in [2.45, 2.75) is 96.4 Å². The molecule has 4 saturated carbocycles. The maximum absolute atomic E-state index is 16.6. The fourth-order valence-corrected chi connectivity index (χ4v) is 8.71. The topological polar surface area (TPSA) is 81.4 Å². The lowest BCUT2D eigenvalue weighted by molar-refractivity contribution is -0.163. The predicted octanol–water partition coefficient (Wildman–Crippen LogP) is 4.93. The molecular weight excluding hydrogens is 447 g/mol. The first kappa shape index (κ1) is 24.7. The number of nitrogens with zero attached hydrogens (tertiary/aromatic N) is 2. The minimum atomic E-state index is -1.16. The average molecular weight is 487 g/mol. The molecule has 7 heteroatoms. The molecule has 0 amide bonds. The molecule has 4 fully saturated rings. The maximum atomic E-state index is 16.6. The highest BCUT2D eigenvalue weighted by molar-refractivity contribution is 5.88. The molecule has 8 atom stereocenters. The van der Waals surface area contributed by atoms with Crippen molar-refractivity contribution in [1.29, 1.82) is 0 Å². The van der Waals surface area contributed by atoms with Gasteiger partial charge in [-0.15, -0.1) is 0 Å². The van der Waals surface area contributed by atoms with Crippen molar-refractivity contribution >= 4 is 11.9 Å². The average Bonchev–Trinajstić information content (AvgIpc) is 3.42. The Hall–Kier alpha value is -1.98. The summed E-state index contributed by atoms with van der Waals surface area (Å²) in [4.78, 5) is 24.2. The van der Waals surface area contributed by atoms with Gasteiger partial charge in [0.05, 0.1) is 30.5 Å². The molecular formula is C28H39FN2O4. The molecule has 0 spiro atoms. The van der Waals surface area contributed by atoms with Crippen LogP contribution >= 0.6 is 0 Å². The largest absolute Gasteiger partial charge is 0.462 e. The van der Waals surface area contributed by atoms with E-state index in [9.17, 15) is 14.7 Å². The molecule has 0 saturated heterocycles. The van der Waals surface area contributed by atoms with Crippen LogP contribution in [0.5, 0.6) is 0 Å². The van der Waals surface area contributed by atoms with Crippen molar-refractivity contribution in [3.05, 3.63) is 23.5 Å². The van der Waals surface area contributed by atoms with Crippen molar-refractivity contribution in [2.75, 3.05) is 6.61 Å². The molecule has 1 aromatic heterocycles. The van der Waals surface area contributed by atoms with Gasteiger partial charge in [0.15, 0.2) is 0 Å². The number of aromatic nitrogens is 2. The molecule has 0 bridgehead atoms. The molecule has 1 heterocycles. The maximum Gasteiger partial charge on any atom is 0.341 e. The predicted molar refractivity (Wildman–Crippen MR) is 129 cm³/mol. The summed E-state index contributed by atoms with van der Waals surface area (Å²) in [5.41, 5.74) is -0.868. The molecule has 5 rings (SSSR count). The first-order valence-electron chi connectivity index (χ1n) is 13.5. The standard InChI is InChI=1S/C28H39FN2O4/c1-4-35-25(33)18-14-30-31(15-18)16-19(17-32)22-7-8-23-21-6-5-20-13-26(2,34)11-12-28(20,29)24(21)9-10-27(22,23)3/h14-15,20-24,34H,4-13,16H2,1-3H3/t20-,21+,22-,23+,24+,26-,27-,28-/m1/s1. The third kappa shape index (κ3) is 4.09. The number of allylic oxidation sites excluding steroid dienone is 1. The Morgan fingerprint density at radius 3 is 2.74 bits per heavy atom. The molecule has 1 N–H and O–H groups in total. The molecule has 1 aromatic rings. The zero-order valence-electron chi connectivity index (χ0n) is 21.3. The molecule has 0 unspecified atom stereocenters. The number of fused-ring (bicyclic) bond motifs is 5. The molecule has 35 heavy (non-hydrogen) atoms. The fraction of sp³-hybridized carbons (Fsp3) is 0.786. The van der Waals surface area contributed by atoms with Crippen LogP contribution in [-0.4, -0.2) is 44.7 Å². The Morgan fingerprint density at radius 2 is 2.00 bits per heavy atom. The van der Waals surface area contributed by atoms with Gasteiger partial charge >= 0.3 is 5.97 Å². The van der Waals surface area contributed by atoms with Gasteiger partial charge in [0.1, 0.15) is 11.6 Å². The second kappa shape index (κ2) is 8.85. The van der Waals surface area contributed by atoms with E-state index >= 15 is 4.39 Å². The Labute approximate surface area is 207 Å². The van der Waals surface area contributed by atoms with Crippen LogP contribution in [0.25, 0.3) is 0 Å². The smallest absolute Gasteiger partial charge is 0.341 e. The molecule has 192 valence electrons. The summed E-state index contributed by atoms with van der Waals surface area (Å²) in [5.74, 6) is 2.70. The van der Waals surface area contributed by atoms with Gasteiger partial charge in [0, 0.05) is 11.8 Å². The summed E-state index contributed by atoms with van der Waals surface area (Å²) >= 11 is 0. The number of carbonyl (C=O) groups excluding carboxylic acids is 2.